The molecule has 2 fully saturated rings. The van der Waals surface area contributed by atoms with Crippen molar-refractivity contribution in [3.05, 3.63) is 30.1 Å². The second kappa shape index (κ2) is 7.16. The van der Waals surface area contributed by atoms with Crippen LogP contribution in [0.3, 0.4) is 0 Å². The van der Waals surface area contributed by atoms with Gasteiger partial charge in [-0.05, 0) is 43.6 Å². The molecule has 2 aliphatic heterocycles. The molecule has 4 heteroatoms. The first-order chi connectivity index (χ1) is 9.93. The molecule has 0 amide bonds. The van der Waals surface area contributed by atoms with Gasteiger partial charge in [0, 0.05) is 51.2 Å². The van der Waals surface area contributed by atoms with Crippen LogP contribution in [0, 0.1) is 0 Å². The highest BCUT2D eigenvalue weighted by atomic mass is 15.2. The Morgan fingerprint density at radius 2 is 1.70 bits per heavy atom. The lowest BCUT2D eigenvalue weighted by Gasteiger charge is -2.39. The van der Waals surface area contributed by atoms with Crippen molar-refractivity contribution >= 4 is 0 Å². The number of piperazine rings is 1. The molecule has 1 unspecified atom stereocenters. The van der Waals surface area contributed by atoms with Crippen molar-refractivity contribution in [2.75, 3.05) is 45.8 Å². The molecule has 3 heterocycles. The van der Waals surface area contributed by atoms with Crippen molar-refractivity contribution in [2.45, 2.75) is 25.3 Å². The Labute approximate surface area is 122 Å². The zero-order valence-electron chi connectivity index (χ0n) is 12.3. The highest BCUT2D eigenvalue weighted by Crippen LogP contribution is 2.25. The number of aromatic nitrogens is 1. The van der Waals surface area contributed by atoms with Gasteiger partial charge in [0.05, 0.1) is 0 Å². The molecule has 0 aromatic carbocycles. The smallest absolute Gasteiger partial charge is 0.0476 e. The fraction of sp³-hybridized carbons (Fsp3) is 0.688. The van der Waals surface area contributed by atoms with Crippen molar-refractivity contribution in [1.82, 2.24) is 20.1 Å². The van der Waals surface area contributed by atoms with Gasteiger partial charge in [-0.1, -0.05) is 6.42 Å². The van der Waals surface area contributed by atoms with E-state index in [4.69, 9.17) is 0 Å². The van der Waals surface area contributed by atoms with Crippen molar-refractivity contribution in [3.63, 3.8) is 0 Å². The lowest BCUT2D eigenvalue weighted by Crippen LogP contribution is -2.48. The quantitative estimate of drug-likeness (QED) is 0.902. The highest BCUT2D eigenvalue weighted by molar-refractivity contribution is 5.16. The summed E-state index contributed by atoms with van der Waals surface area (Å²) in [6.07, 6.45) is 7.97. The van der Waals surface area contributed by atoms with Gasteiger partial charge in [0.25, 0.3) is 0 Å². The van der Waals surface area contributed by atoms with E-state index < -0.39 is 0 Å². The van der Waals surface area contributed by atoms with Crippen molar-refractivity contribution < 1.29 is 0 Å². The summed E-state index contributed by atoms with van der Waals surface area (Å²) in [5, 5.41) is 3.44. The topological polar surface area (TPSA) is 31.4 Å². The van der Waals surface area contributed by atoms with Gasteiger partial charge in [0.2, 0.25) is 0 Å². The van der Waals surface area contributed by atoms with E-state index in [9.17, 15) is 0 Å². The second-order valence-corrected chi connectivity index (χ2v) is 5.94. The highest BCUT2D eigenvalue weighted by Gasteiger charge is 2.25. The predicted octanol–water partition coefficient (Wildman–Crippen LogP) is 1.51. The van der Waals surface area contributed by atoms with Gasteiger partial charge >= 0.3 is 0 Å². The molecule has 110 valence electrons. The Bertz CT molecular complexity index is 383. The second-order valence-electron chi connectivity index (χ2n) is 5.94. The minimum absolute atomic E-state index is 0.538. The fourth-order valence-electron chi connectivity index (χ4n) is 3.39. The van der Waals surface area contributed by atoms with Crippen LogP contribution in [0.1, 0.15) is 30.9 Å². The average molecular weight is 274 g/mol. The van der Waals surface area contributed by atoms with Gasteiger partial charge in [-0.3, -0.25) is 14.8 Å². The number of hydrogen-bond acceptors (Lipinski definition) is 4. The third-order valence-corrected chi connectivity index (χ3v) is 4.56. The maximum atomic E-state index is 4.18. The first-order valence-corrected chi connectivity index (χ1v) is 8.00. The van der Waals surface area contributed by atoms with Crippen LogP contribution in [0.15, 0.2) is 24.5 Å². The Kier molecular flexibility index (Phi) is 5.01. The van der Waals surface area contributed by atoms with Crippen LogP contribution in [-0.4, -0.2) is 60.6 Å². The van der Waals surface area contributed by atoms with E-state index in [0.29, 0.717) is 6.04 Å². The van der Waals surface area contributed by atoms with Crippen molar-refractivity contribution in [1.29, 1.82) is 0 Å². The summed E-state index contributed by atoms with van der Waals surface area (Å²) in [5.41, 5.74) is 1.43. The van der Waals surface area contributed by atoms with Crippen LogP contribution in [0.25, 0.3) is 0 Å². The minimum atomic E-state index is 0.538. The lowest BCUT2D eigenvalue weighted by atomic mass is 10.0. The first kappa shape index (κ1) is 14.0. The van der Waals surface area contributed by atoms with Crippen LogP contribution in [0.2, 0.25) is 0 Å². The molecule has 1 aromatic rings. The van der Waals surface area contributed by atoms with Gasteiger partial charge in [0.15, 0.2) is 0 Å². The SMILES string of the molecule is c1cc(C(CN2CCNCC2)N2CCCCC2)ccn1. The van der Waals surface area contributed by atoms with Crippen LogP contribution in [0.5, 0.6) is 0 Å². The maximum Gasteiger partial charge on any atom is 0.0476 e. The number of pyridine rings is 1. The van der Waals surface area contributed by atoms with Gasteiger partial charge < -0.3 is 5.32 Å². The summed E-state index contributed by atoms with van der Waals surface area (Å²) in [6, 6.07) is 4.93. The molecular weight excluding hydrogens is 248 g/mol. The van der Waals surface area contributed by atoms with E-state index in [1.807, 2.05) is 12.4 Å². The standard InChI is InChI=1S/C16H26N4/c1-2-10-20(11-3-1)16(15-4-6-17-7-5-15)14-19-12-8-18-9-13-19/h4-7,16,18H,1-3,8-14H2. The largest absolute Gasteiger partial charge is 0.314 e. The van der Waals surface area contributed by atoms with E-state index >= 15 is 0 Å². The maximum absolute atomic E-state index is 4.18. The van der Waals surface area contributed by atoms with E-state index in [1.54, 1.807) is 0 Å². The van der Waals surface area contributed by atoms with E-state index in [-0.39, 0.29) is 0 Å². The van der Waals surface area contributed by atoms with Gasteiger partial charge in [0.1, 0.15) is 0 Å². The average Bonchev–Trinajstić information content (AvgIpc) is 2.55. The van der Waals surface area contributed by atoms with E-state index in [0.717, 1.165) is 19.6 Å². The summed E-state index contributed by atoms with van der Waals surface area (Å²) in [5.74, 6) is 0. The lowest BCUT2D eigenvalue weighted by molar-refractivity contribution is 0.111. The molecule has 20 heavy (non-hydrogen) atoms. The third-order valence-electron chi connectivity index (χ3n) is 4.56. The van der Waals surface area contributed by atoms with Crippen LogP contribution < -0.4 is 5.32 Å². The summed E-state index contributed by atoms with van der Waals surface area (Å²) in [6.45, 7) is 8.26. The monoisotopic (exact) mass is 274 g/mol. The minimum Gasteiger partial charge on any atom is -0.314 e. The molecule has 0 bridgehead atoms. The molecule has 0 saturated carbocycles. The Balaban J connectivity index is 1.72. The van der Waals surface area contributed by atoms with Gasteiger partial charge in [-0.25, -0.2) is 0 Å². The molecule has 1 aromatic heterocycles. The zero-order valence-corrected chi connectivity index (χ0v) is 12.3. The van der Waals surface area contributed by atoms with Gasteiger partial charge in [-0.15, -0.1) is 0 Å². The number of likely N-dealkylation sites (tertiary alicyclic amines) is 1. The number of piperidine rings is 1. The zero-order chi connectivity index (χ0) is 13.6. The number of rotatable bonds is 4. The van der Waals surface area contributed by atoms with Crippen molar-refractivity contribution in [2.24, 2.45) is 0 Å². The molecule has 3 rings (SSSR count). The summed E-state index contributed by atoms with van der Waals surface area (Å²) < 4.78 is 0. The van der Waals surface area contributed by atoms with E-state index in [1.165, 1.54) is 51.0 Å². The Hall–Kier alpha value is -0.970. The van der Waals surface area contributed by atoms with Crippen molar-refractivity contribution in [3.8, 4) is 0 Å². The molecule has 0 radical (unpaired) electrons. The Morgan fingerprint density at radius 1 is 1.00 bits per heavy atom. The molecule has 0 aliphatic carbocycles. The number of nitrogens with one attached hydrogen (secondary N) is 1. The molecule has 1 atom stereocenters. The number of hydrogen-bond donors (Lipinski definition) is 1. The summed E-state index contributed by atoms with van der Waals surface area (Å²) in [7, 11) is 0. The molecule has 4 nitrogen and oxygen atoms in total. The van der Waals surface area contributed by atoms with Crippen LogP contribution in [-0.2, 0) is 0 Å². The van der Waals surface area contributed by atoms with Crippen LogP contribution >= 0.6 is 0 Å². The summed E-state index contributed by atoms with van der Waals surface area (Å²) >= 11 is 0. The fourth-order valence-corrected chi connectivity index (χ4v) is 3.39. The molecule has 2 saturated heterocycles. The molecular formula is C16H26N4. The molecule has 2 aliphatic rings. The molecule has 1 N–H and O–H groups in total. The molecule has 0 spiro atoms. The van der Waals surface area contributed by atoms with Crippen LogP contribution in [0.4, 0.5) is 0 Å². The first-order valence-electron chi connectivity index (χ1n) is 8.00. The van der Waals surface area contributed by atoms with E-state index in [2.05, 4.69) is 32.2 Å². The van der Waals surface area contributed by atoms with Gasteiger partial charge in [-0.2, -0.15) is 0 Å². The Morgan fingerprint density at radius 3 is 2.40 bits per heavy atom. The predicted molar refractivity (Wildman–Crippen MR) is 81.7 cm³/mol. The number of nitrogens with zero attached hydrogens (tertiary/aromatic N) is 3. The summed E-state index contributed by atoms with van der Waals surface area (Å²) in [4.78, 5) is 9.47. The third kappa shape index (κ3) is 3.57. The normalized spacial score (nSPS) is 23.6.